The highest BCUT2D eigenvalue weighted by Gasteiger charge is 2.33. The molecule has 0 amide bonds. The summed E-state index contributed by atoms with van der Waals surface area (Å²) in [6.45, 7) is 1.97. The molecule has 0 rings (SSSR count). The van der Waals surface area contributed by atoms with Gasteiger partial charge in [0.05, 0.1) is 7.11 Å². The van der Waals surface area contributed by atoms with Gasteiger partial charge < -0.3 is 9.84 Å². The first-order chi connectivity index (χ1) is 7.04. The van der Waals surface area contributed by atoms with Crippen molar-refractivity contribution < 1.29 is 24.2 Å². The van der Waals surface area contributed by atoms with E-state index in [1.807, 2.05) is 6.92 Å². The van der Waals surface area contributed by atoms with Gasteiger partial charge in [0.1, 0.15) is 0 Å². The number of carbonyl (C=O) groups is 3. The Kier molecular flexibility index (Phi) is 6.33. The monoisotopic (exact) mass is 216 g/mol. The molecule has 0 aliphatic rings. The summed E-state index contributed by atoms with van der Waals surface area (Å²) in [5.74, 6) is -4.68. The molecule has 15 heavy (non-hydrogen) atoms. The second-order valence-electron chi connectivity index (χ2n) is 3.22. The number of carboxylic acid groups (broad SMARTS) is 1. The van der Waals surface area contributed by atoms with E-state index in [4.69, 9.17) is 5.11 Å². The molecular formula is C10H16O5. The molecule has 0 radical (unpaired) electrons. The number of carbonyl (C=O) groups excluding carboxylic acids is 2. The van der Waals surface area contributed by atoms with Crippen molar-refractivity contribution in [2.75, 3.05) is 7.11 Å². The molecule has 1 N–H and O–H groups in total. The van der Waals surface area contributed by atoms with Crippen LogP contribution in [0.4, 0.5) is 0 Å². The normalized spacial score (nSPS) is 11.9. The van der Waals surface area contributed by atoms with E-state index in [0.717, 1.165) is 20.0 Å². The highest BCUT2D eigenvalue weighted by atomic mass is 16.5. The van der Waals surface area contributed by atoms with Crippen molar-refractivity contribution in [1.82, 2.24) is 0 Å². The van der Waals surface area contributed by atoms with Crippen LogP contribution in [0.2, 0.25) is 0 Å². The van der Waals surface area contributed by atoms with E-state index in [9.17, 15) is 14.4 Å². The third kappa shape index (κ3) is 4.58. The molecule has 0 aliphatic heterocycles. The Hall–Kier alpha value is -1.39. The molecule has 0 spiro atoms. The molecular weight excluding hydrogens is 200 g/mol. The highest BCUT2D eigenvalue weighted by molar-refractivity contribution is 6.14. The smallest absolute Gasteiger partial charge is 0.327 e. The molecule has 0 bridgehead atoms. The fraction of sp³-hybridized carbons (Fsp3) is 0.700. The summed E-state index contributed by atoms with van der Waals surface area (Å²) in [5, 5.41) is 8.68. The quantitative estimate of drug-likeness (QED) is 0.390. The summed E-state index contributed by atoms with van der Waals surface area (Å²) >= 11 is 0. The van der Waals surface area contributed by atoms with Crippen molar-refractivity contribution in [3.05, 3.63) is 0 Å². The zero-order valence-electron chi connectivity index (χ0n) is 8.99. The minimum atomic E-state index is -1.66. The number of ether oxygens (including phenoxy) is 1. The maximum absolute atomic E-state index is 11.4. The van der Waals surface area contributed by atoms with Gasteiger partial charge in [-0.25, -0.2) is 0 Å². The molecule has 86 valence electrons. The van der Waals surface area contributed by atoms with Crippen molar-refractivity contribution in [1.29, 1.82) is 0 Å². The van der Waals surface area contributed by atoms with E-state index in [1.165, 1.54) is 0 Å². The first-order valence-corrected chi connectivity index (χ1v) is 4.88. The summed E-state index contributed by atoms with van der Waals surface area (Å²) in [7, 11) is 1.07. The van der Waals surface area contributed by atoms with E-state index in [-0.39, 0.29) is 6.42 Å². The number of Topliss-reactive ketones (excluding diaryl/α,β-unsaturated/α-hetero) is 1. The zero-order chi connectivity index (χ0) is 11.8. The number of hydrogen-bond donors (Lipinski definition) is 1. The first-order valence-electron chi connectivity index (χ1n) is 4.88. The number of rotatable bonds is 7. The minimum absolute atomic E-state index is 0.111. The van der Waals surface area contributed by atoms with Gasteiger partial charge in [0.25, 0.3) is 0 Å². The molecule has 1 unspecified atom stereocenters. The van der Waals surface area contributed by atoms with Crippen molar-refractivity contribution >= 4 is 17.7 Å². The number of unbranched alkanes of at least 4 members (excludes halogenated alkanes) is 2. The van der Waals surface area contributed by atoms with Gasteiger partial charge in [-0.3, -0.25) is 14.4 Å². The van der Waals surface area contributed by atoms with Gasteiger partial charge in [-0.1, -0.05) is 19.8 Å². The van der Waals surface area contributed by atoms with Gasteiger partial charge in [-0.05, 0) is 6.42 Å². The molecule has 5 nitrogen and oxygen atoms in total. The third-order valence-corrected chi connectivity index (χ3v) is 2.03. The van der Waals surface area contributed by atoms with Crippen molar-refractivity contribution in [2.24, 2.45) is 5.92 Å². The van der Waals surface area contributed by atoms with Crippen LogP contribution >= 0.6 is 0 Å². The van der Waals surface area contributed by atoms with Gasteiger partial charge in [0, 0.05) is 6.42 Å². The SMILES string of the molecule is CCCCCC(=O)C(C(=O)O)C(=O)OC. The van der Waals surface area contributed by atoms with Gasteiger partial charge in [0.15, 0.2) is 5.78 Å². The lowest BCUT2D eigenvalue weighted by Gasteiger charge is -2.08. The number of hydrogen-bond acceptors (Lipinski definition) is 4. The van der Waals surface area contributed by atoms with Gasteiger partial charge >= 0.3 is 11.9 Å². The molecule has 0 saturated heterocycles. The van der Waals surface area contributed by atoms with Gasteiger partial charge in [-0.2, -0.15) is 0 Å². The molecule has 0 fully saturated rings. The lowest BCUT2D eigenvalue weighted by molar-refractivity contribution is -0.159. The van der Waals surface area contributed by atoms with E-state index in [2.05, 4.69) is 4.74 Å². The Morgan fingerprint density at radius 3 is 2.27 bits per heavy atom. The maximum Gasteiger partial charge on any atom is 0.327 e. The Morgan fingerprint density at radius 1 is 1.27 bits per heavy atom. The average molecular weight is 216 g/mol. The van der Waals surface area contributed by atoms with Gasteiger partial charge in [0.2, 0.25) is 5.92 Å². The van der Waals surface area contributed by atoms with E-state index in [0.29, 0.717) is 6.42 Å². The van der Waals surface area contributed by atoms with Gasteiger partial charge in [-0.15, -0.1) is 0 Å². The van der Waals surface area contributed by atoms with Crippen LogP contribution < -0.4 is 0 Å². The largest absolute Gasteiger partial charge is 0.480 e. The highest BCUT2D eigenvalue weighted by Crippen LogP contribution is 2.09. The second kappa shape index (κ2) is 6.98. The summed E-state index contributed by atoms with van der Waals surface area (Å²) in [6.07, 6.45) is 2.50. The Bertz CT molecular complexity index is 246. The molecule has 0 aromatic rings. The standard InChI is InChI=1S/C10H16O5/c1-3-4-5-6-7(11)8(9(12)13)10(14)15-2/h8H,3-6H2,1-2H3,(H,12,13). The van der Waals surface area contributed by atoms with Crippen LogP contribution in [0.3, 0.4) is 0 Å². The van der Waals surface area contributed by atoms with E-state index < -0.39 is 23.6 Å². The van der Waals surface area contributed by atoms with Crippen LogP contribution in [0.5, 0.6) is 0 Å². The lowest BCUT2D eigenvalue weighted by Crippen LogP contribution is -2.32. The molecule has 0 heterocycles. The van der Waals surface area contributed by atoms with E-state index >= 15 is 0 Å². The van der Waals surface area contributed by atoms with Crippen molar-refractivity contribution in [3.8, 4) is 0 Å². The average Bonchev–Trinajstić information content (AvgIpc) is 2.17. The first kappa shape index (κ1) is 13.6. The molecule has 1 atom stereocenters. The zero-order valence-corrected chi connectivity index (χ0v) is 8.99. The predicted molar refractivity (Wildman–Crippen MR) is 52.3 cm³/mol. The molecule has 0 aromatic heterocycles. The number of ketones is 1. The fourth-order valence-corrected chi connectivity index (χ4v) is 1.18. The minimum Gasteiger partial charge on any atom is -0.480 e. The number of aliphatic carboxylic acids is 1. The molecule has 0 saturated carbocycles. The van der Waals surface area contributed by atoms with Crippen molar-refractivity contribution in [3.63, 3.8) is 0 Å². The fourth-order valence-electron chi connectivity index (χ4n) is 1.18. The van der Waals surface area contributed by atoms with Crippen LogP contribution in [0.15, 0.2) is 0 Å². The molecule has 0 aromatic carbocycles. The predicted octanol–water partition coefficient (Wildman–Crippen LogP) is 1.01. The Morgan fingerprint density at radius 2 is 1.87 bits per heavy atom. The summed E-state index contributed by atoms with van der Waals surface area (Å²) < 4.78 is 4.26. The number of esters is 1. The second-order valence-corrected chi connectivity index (χ2v) is 3.22. The molecule has 0 aliphatic carbocycles. The van der Waals surface area contributed by atoms with Crippen molar-refractivity contribution in [2.45, 2.75) is 32.6 Å². The lowest BCUT2D eigenvalue weighted by atomic mass is 9.99. The third-order valence-electron chi connectivity index (χ3n) is 2.03. The van der Waals surface area contributed by atoms with Crippen LogP contribution in [-0.2, 0) is 19.1 Å². The Labute approximate surface area is 88.4 Å². The van der Waals surface area contributed by atoms with Crippen LogP contribution in [0, 0.1) is 5.92 Å². The topological polar surface area (TPSA) is 80.7 Å². The Balaban J connectivity index is 4.30. The molecule has 5 heteroatoms. The number of carboxylic acids is 1. The number of methoxy groups -OCH3 is 1. The summed E-state index contributed by atoms with van der Waals surface area (Å²) in [6, 6.07) is 0. The maximum atomic E-state index is 11.4. The summed E-state index contributed by atoms with van der Waals surface area (Å²) in [5.41, 5.74) is 0. The summed E-state index contributed by atoms with van der Waals surface area (Å²) in [4.78, 5) is 33.0. The van der Waals surface area contributed by atoms with Crippen LogP contribution in [0.25, 0.3) is 0 Å². The van der Waals surface area contributed by atoms with Crippen LogP contribution in [0.1, 0.15) is 32.6 Å². The van der Waals surface area contributed by atoms with Crippen LogP contribution in [-0.4, -0.2) is 29.9 Å². The van der Waals surface area contributed by atoms with E-state index in [1.54, 1.807) is 0 Å².